The topological polar surface area (TPSA) is 76.1 Å². The largest absolute Gasteiger partial charge is 0.497 e. The van der Waals surface area contributed by atoms with E-state index in [0.717, 1.165) is 0 Å². The number of methoxy groups -OCH3 is 1. The minimum absolute atomic E-state index is 0.169. The smallest absolute Gasteiger partial charge is 0.313 e. The molecule has 2 heterocycles. The Morgan fingerprint density at radius 3 is 2.80 bits per heavy atom. The molecule has 1 N–H and O–H groups in total. The van der Waals surface area contributed by atoms with Gasteiger partial charge in [-0.25, -0.2) is 0 Å². The van der Waals surface area contributed by atoms with Gasteiger partial charge in [-0.05, 0) is 29.8 Å². The highest BCUT2D eigenvalue weighted by atomic mass is 16.5. The first kappa shape index (κ1) is 15.5. The SMILES string of the molecule is COc1ccc2c(c1)[C@@H]1[C@H](C(=O)O)c3ccccc3C(=O)N1CCO2. The number of carboxylic acid groups (broad SMARTS) is 1. The van der Waals surface area contributed by atoms with E-state index in [1.807, 2.05) is 0 Å². The summed E-state index contributed by atoms with van der Waals surface area (Å²) in [7, 11) is 1.55. The molecule has 2 aliphatic rings. The van der Waals surface area contributed by atoms with Crippen LogP contribution >= 0.6 is 0 Å². The highest BCUT2D eigenvalue weighted by Gasteiger charge is 2.46. The van der Waals surface area contributed by atoms with Crippen molar-refractivity contribution in [3.63, 3.8) is 0 Å². The molecule has 128 valence electrons. The highest BCUT2D eigenvalue weighted by molar-refractivity contribution is 6.00. The minimum atomic E-state index is -0.967. The van der Waals surface area contributed by atoms with Crippen LogP contribution in [-0.4, -0.2) is 42.1 Å². The van der Waals surface area contributed by atoms with Crippen molar-refractivity contribution in [2.75, 3.05) is 20.3 Å². The molecule has 25 heavy (non-hydrogen) atoms. The molecule has 0 aliphatic carbocycles. The molecular formula is C19H17NO5. The number of hydrogen-bond acceptors (Lipinski definition) is 4. The number of benzene rings is 2. The first-order valence-corrected chi connectivity index (χ1v) is 8.05. The maximum Gasteiger partial charge on any atom is 0.313 e. The van der Waals surface area contributed by atoms with Crippen molar-refractivity contribution in [1.82, 2.24) is 4.90 Å². The van der Waals surface area contributed by atoms with Gasteiger partial charge in [0.1, 0.15) is 24.0 Å². The molecule has 2 atom stereocenters. The van der Waals surface area contributed by atoms with Crippen LogP contribution < -0.4 is 9.47 Å². The van der Waals surface area contributed by atoms with Gasteiger partial charge in [0.25, 0.3) is 5.91 Å². The summed E-state index contributed by atoms with van der Waals surface area (Å²) in [6, 6.07) is 11.6. The molecule has 0 fully saturated rings. The zero-order chi connectivity index (χ0) is 17.6. The molecule has 0 spiro atoms. The van der Waals surface area contributed by atoms with E-state index in [9.17, 15) is 14.7 Å². The molecule has 0 saturated heterocycles. The maximum absolute atomic E-state index is 13.0. The molecule has 2 aliphatic heterocycles. The summed E-state index contributed by atoms with van der Waals surface area (Å²) in [6.07, 6.45) is 0. The second kappa shape index (κ2) is 5.81. The third-order valence-corrected chi connectivity index (χ3v) is 4.83. The summed E-state index contributed by atoms with van der Waals surface area (Å²) >= 11 is 0. The quantitative estimate of drug-likeness (QED) is 0.909. The summed E-state index contributed by atoms with van der Waals surface area (Å²) in [5, 5.41) is 9.94. The highest BCUT2D eigenvalue weighted by Crippen LogP contribution is 2.47. The van der Waals surface area contributed by atoms with Crippen LogP contribution in [0.1, 0.15) is 33.4 Å². The minimum Gasteiger partial charge on any atom is -0.497 e. The van der Waals surface area contributed by atoms with Crippen LogP contribution in [0.5, 0.6) is 11.5 Å². The van der Waals surface area contributed by atoms with Crippen molar-refractivity contribution < 1.29 is 24.2 Å². The van der Waals surface area contributed by atoms with Gasteiger partial charge in [-0.2, -0.15) is 0 Å². The molecule has 4 rings (SSSR count). The molecule has 1 amide bonds. The van der Waals surface area contributed by atoms with Crippen molar-refractivity contribution in [2.24, 2.45) is 0 Å². The van der Waals surface area contributed by atoms with Gasteiger partial charge in [0.2, 0.25) is 0 Å². The van der Waals surface area contributed by atoms with E-state index in [0.29, 0.717) is 41.3 Å². The van der Waals surface area contributed by atoms with E-state index in [1.165, 1.54) is 0 Å². The first-order valence-electron chi connectivity index (χ1n) is 8.05. The lowest BCUT2D eigenvalue weighted by molar-refractivity contribution is -0.140. The zero-order valence-corrected chi connectivity index (χ0v) is 13.6. The molecule has 0 radical (unpaired) electrons. The van der Waals surface area contributed by atoms with E-state index in [2.05, 4.69) is 0 Å². The van der Waals surface area contributed by atoms with Gasteiger partial charge in [0, 0.05) is 11.1 Å². The average Bonchev–Trinajstić information content (AvgIpc) is 2.81. The van der Waals surface area contributed by atoms with E-state index < -0.39 is 17.9 Å². The van der Waals surface area contributed by atoms with Crippen LogP contribution in [0, 0.1) is 0 Å². The third kappa shape index (κ3) is 2.33. The van der Waals surface area contributed by atoms with Gasteiger partial charge in [0.15, 0.2) is 0 Å². The molecule has 6 heteroatoms. The van der Waals surface area contributed by atoms with Gasteiger partial charge in [-0.1, -0.05) is 18.2 Å². The predicted molar refractivity (Wildman–Crippen MR) is 89.1 cm³/mol. The van der Waals surface area contributed by atoms with Crippen molar-refractivity contribution in [3.8, 4) is 11.5 Å². The fourth-order valence-electron chi connectivity index (χ4n) is 3.72. The molecule has 0 saturated carbocycles. The Kier molecular flexibility index (Phi) is 3.60. The fourth-order valence-corrected chi connectivity index (χ4v) is 3.72. The lowest BCUT2D eigenvalue weighted by Crippen LogP contribution is -2.45. The number of aliphatic carboxylic acids is 1. The van der Waals surface area contributed by atoms with Crippen molar-refractivity contribution in [2.45, 2.75) is 12.0 Å². The molecule has 0 unspecified atom stereocenters. The number of carbonyl (C=O) groups excluding carboxylic acids is 1. The maximum atomic E-state index is 13.0. The number of amides is 1. The second-order valence-corrected chi connectivity index (χ2v) is 6.10. The summed E-state index contributed by atoms with van der Waals surface area (Å²) < 4.78 is 11.1. The number of fused-ring (bicyclic) bond motifs is 4. The van der Waals surface area contributed by atoms with E-state index >= 15 is 0 Å². The van der Waals surface area contributed by atoms with Crippen molar-refractivity contribution in [3.05, 3.63) is 59.2 Å². The van der Waals surface area contributed by atoms with Gasteiger partial charge in [0.05, 0.1) is 19.7 Å². The Labute approximate surface area is 144 Å². The lowest BCUT2D eigenvalue weighted by Gasteiger charge is -2.39. The summed E-state index contributed by atoms with van der Waals surface area (Å²) in [5.74, 6) is -0.809. The predicted octanol–water partition coefficient (Wildman–Crippen LogP) is 2.45. The van der Waals surface area contributed by atoms with Crippen LogP contribution in [0.15, 0.2) is 42.5 Å². The Hall–Kier alpha value is -3.02. The van der Waals surface area contributed by atoms with Gasteiger partial charge in [-0.3, -0.25) is 9.59 Å². The number of ether oxygens (including phenoxy) is 2. The molecule has 2 aromatic rings. The van der Waals surface area contributed by atoms with Crippen LogP contribution in [0.2, 0.25) is 0 Å². The molecule has 0 bridgehead atoms. The van der Waals surface area contributed by atoms with Crippen LogP contribution in [-0.2, 0) is 4.79 Å². The molecule has 2 aromatic carbocycles. The molecule has 6 nitrogen and oxygen atoms in total. The number of rotatable bonds is 2. The first-order chi connectivity index (χ1) is 12.1. The Morgan fingerprint density at radius 2 is 2.04 bits per heavy atom. The van der Waals surface area contributed by atoms with Crippen molar-refractivity contribution >= 4 is 11.9 Å². The van der Waals surface area contributed by atoms with Crippen LogP contribution in [0.3, 0.4) is 0 Å². The van der Waals surface area contributed by atoms with E-state index in [-0.39, 0.29) is 5.91 Å². The van der Waals surface area contributed by atoms with Crippen LogP contribution in [0.4, 0.5) is 0 Å². The lowest BCUT2D eigenvalue weighted by atomic mass is 9.79. The molecular weight excluding hydrogens is 322 g/mol. The average molecular weight is 339 g/mol. The zero-order valence-electron chi connectivity index (χ0n) is 13.6. The second-order valence-electron chi connectivity index (χ2n) is 6.10. The number of carboxylic acids is 1. The Bertz CT molecular complexity index is 863. The number of nitrogens with zero attached hydrogens (tertiary/aromatic N) is 1. The van der Waals surface area contributed by atoms with E-state index in [4.69, 9.17) is 9.47 Å². The van der Waals surface area contributed by atoms with E-state index in [1.54, 1.807) is 54.5 Å². The van der Waals surface area contributed by atoms with Gasteiger partial charge >= 0.3 is 5.97 Å². The van der Waals surface area contributed by atoms with Crippen LogP contribution in [0.25, 0.3) is 0 Å². The Morgan fingerprint density at radius 1 is 1.24 bits per heavy atom. The fraction of sp³-hybridized carbons (Fsp3) is 0.263. The summed E-state index contributed by atoms with van der Waals surface area (Å²) in [4.78, 5) is 26.7. The van der Waals surface area contributed by atoms with Gasteiger partial charge < -0.3 is 19.5 Å². The number of hydrogen-bond donors (Lipinski definition) is 1. The van der Waals surface area contributed by atoms with Gasteiger partial charge in [-0.15, -0.1) is 0 Å². The summed E-state index contributed by atoms with van der Waals surface area (Å²) in [5.41, 5.74) is 1.64. The normalized spacial score (nSPS) is 21.3. The van der Waals surface area contributed by atoms with Crippen molar-refractivity contribution in [1.29, 1.82) is 0 Å². The molecule has 0 aromatic heterocycles. The third-order valence-electron chi connectivity index (χ3n) is 4.83. The summed E-state index contributed by atoms with van der Waals surface area (Å²) in [6.45, 7) is 0.648. The Balaban J connectivity index is 1.97. The standard InChI is InChI=1S/C19H17NO5/c1-24-11-6-7-15-14(10-11)17-16(19(22)23)12-4-2-3-5-13(12)18(21)20(17)8-9-25-15/h2-7,10,16-17H,8-9H2,1H3,(H,22,23)/t16-,17-/m1/s1. The monoisotopic (exact) mass is 339 g/mol. The number of carbonyl (C=O) groups is 2.